The van der Waals surface area contributed by atoms with E-state index in [1.807, 2.05) is 48.9 Å². The fourth-order valence-corrected chi connectivity index (χ4v) is 5.09. The summed E-state index contributed by atoms with van der Waals surface area (Å²) < 4.78 is 43.7. The maximum atomic E-state index is 14.4. The van der Waals surface area contributed by atoms with Gasteiger partial charge in [0.1, 0.15) is 11.9 Å². The number of aryl methyl sites for hydroxylation is 3. The minimum absolute atomic E-state index is 0.114. The van der Waals surface area contributed by atoms with Crippen LogP contribution in [-0.4, -0.2) is 34.2 Å². The second-order valence-corrected chi connectivity index (χ2v) is 8.59. The van der Waals surface area contributed by atoms with Gasteiger partial charge in [-0.15, -0.1) is 0 Å². The molecule has 34 heavy (non-hydrogen) atoms. The molecule has 8 heteroatoms. The van der Waals surface area contributed by atoms with Crippen LogP contribution in [0.15, 0.2) is 42.5 Å². The molecule has 180 valence electrons. The van der Waals surface area contributed by atoms with E-state index in [2.05, 4.69) is 10.2 Å². The van der Waals surface area contributed by atoms with E-state index in [1.54, 1.807) is 7.05 Å². The van der Waals surface area contributed by atoms with Crippen LogP contribution in [0.2, 0.25) is 0 Å². The molecule has 0 bridgehead atoms. The molecule has 0 saturated carbocycles. The molecule has 5 nitrogen and oxygen atoms in total. The molecule has 1 aliphatic rings. The van der Waals surface area contributed by atoms with Crippen LogP contribution in [0.25, 0.3) is 0 Å². The van der Waals surface area contributed by atoms with E-state index < -0.39 is 23.5 Å². The second kappa shape index (κ2) is 10.0. The Morgan fingerprint density at radius 2 is 1.85 bits per heavy atom. The zero-order chi connectivity index (χ0) is 24.4. The van der Waals surface area contributed by atoms with Gasteiger partial charge in [0, 0.05) is 49.9 Å². The molecule has 2 heterocycles. The number of nitrogens with zero attached hydrogens (tertiary/aromatic N) is 3. The maximum Gasteiger partial charge on any atom is 0.241 e. The number of aromatic nitrogens is 2. The van der Waals surface area contributed by atoms with Gasteiger partial charge in [0.05, 0.1) is 5.69 Å². The summed E-state index contributed by atoms with van der Waals surface area (Å²) in [6, 6.07) is 10.2. The van der Waals surface area contributed by atoms with Crippen molar-refractivity contribution in [3.05, 3.63) is 88.0 Å². The van der Waals surface area contributed by atoms with E-state index in [0.717, 1.165) is 41.5 Å². The number of nitrogens with one attached hydrogen (secondary N) is 1. The van der Waals surface area contributed by atoms with Crippen LogP contribution in [-0.2, 0) is 24.2 Å². The molecule has 0 fully saturated rings. The highest BCUT2D eigenvalue weighted by atomic mass is 19.2. The van der Waals surface area contributed by atoms with Gasteiger partial charge in [0.2, 0.25) is 5.91 Å². The predicted octanol–water partition coefficient (Wildman–Crippen LogP) is 4.65. The van der Waals surface area contributed by atoms with Crippen molar-refractivity contribution >= 4 is 5.91 Å². The van der Waals surface area contributed by atoms with Crippen molar-refractivity contribution in [3.8, 4) is 0 Å². The number of likely N-dealkylation sites (N-methyl/N-ethyl adjacent to an activating group) is 1. The molecule has 0 saturated heterocycles. The Labute approximate surface area is 197 Å². The zero-order valence-electron chi connectivity index (χ0n) is 19.6. The van der Waals surface area contributed by atoms with Crippen LogP contribution in [0.4, 0.5) is 13.2 Å². The van der Waals surface area contributed by atoms with Crippen molar-refractivity contribution < 1.29 is 18.0 Å². The molecular formula is C26H29F3N4O. The quantitative estimate of drug-likeness (QED) is 0.512. The van der Waals surface area contributed by atoms with Crippen molar-refractivity contribution in [2.75, 3.05) is 13.6 Å². The first-order valence-corrected chi connectivity index (χ1v) is 11.6. The highest BCUT2D eigenvalue weighted by Gasteiger charge is 2.39. The molecule has 0 radical (unpaired) electrons. The average molecular weight is 471 g/mol. The Morgan fingerprint density at radius 3 is 2.53 bits per heavy atom. The van der Waals surface area contributed by atoms with E-state index in [1.165, 1.54) is 0 Å². The lowest BCUT2D eigenvalue weighted by atomic mass is 9.88. The summed E-state index contributed by atoms with van der Waals surface area (Å²) >= 11 is 0. The lowest BCUT2D eigenvalue weighted by Crippen LogP contribution is -2.45. The van der Waals surface area contributed by atoms with Crippen molar-refractivity contribution in [2.45, 2.75) is 51.7 Å². The lowest BCUT2D eigenvalue weighted by molar-refractivity contribution is -0.127. The topological polar surface area (TPSA) is 50.2 Å². The minimum Gasteiger partial charge on any atom is -0.358 e. The highest BCUT2D eigenvalue weighted by molar-refractivity contribution is 5.83. The number of carbonyl (C=O) groups is 1. The predicted molar refractivity (Wildman–Crippen MR) is 124 cm³/mol. The van der Waals surface area contributed by atoms with E-state index in [4.69, 9.17) is 5.10 Å². The first-order valence-electron chi connectivity index (χ1n) is 11.6. The monoisotopic (exact) mass is 470 g/mol. The summed E-state index contributed by atoms with van der Waals surface area (Å²) in [6.45, 7) is 5.30. The number of halogens is 3. The third-order valence-electron chi connectivity index (χ3n) is 6.64. The Hall–Kier alpha value is -3.13. The molecule has 4 rings (SSSR count). The van der Waals surface area contributed by atoms with Crippen molar-refractivity contribution in [2.24, 2.45) is 0 Å². The zero-order valence-corrected chi connectivity index (χ0v) is 19.6. The molecule has 1 amide bonds. The SMILES string of the molecule is CCn1nc(C)c2c1CCN([C@@H](C(=O)NC)c1ccccc1)[C@H]2CCc1cc(F)c(F)cc1F. The van der Waals surface area contributed by atoms with Crippen LogP contribution >= 0.6 is 0 Å². The van der Waals surface area contributed by atoms with Crippen LogP contribution in [0.3, 0.4) is 0 Å². The second-order valence-electron chi connectivity index (χ2n) is 8.59. The molecule has 1 aliphatic heterocycles. The number of benzene rings is 2. The number of hydrogen-bond acceptors (Lipinski definition) is 3. The van der Waals surface area contributed by atoms with Crippen LogP contribution in [0, 0.1) is 24.4 Å². The van der Waals surface area contributed by atoms with Crippen LogP contribution < -0.4 is 5.32 Å². The smallest absolute Gasteiger partial charge is 0.241 e. The summed E-state index contributed by atoms with van der Waals surface area (Å²) in [5.74, 6) is -3.18. The van der Waals surface area contributed by atoms with E-state index in [-0.39, 0.29) is 23.9 Å². The first-order chi connectivity index (χ1) is 16.3. The number of amides is 1. The molecule has 2 atom stereocenters. The first kappa shape index (κ1) is 24.0. The largest absolute Gasteiger partial charge is 0.358 e. The molecule has 0 spiro atoms. The fourth-order valence-electron chi connectivity index (χ4n) is 5.09. The maximum absolute atomic E-state index is 14.4. The third kappa shape index (κ3) is 4.46. The molecule has 0 unspecified atom stereocenters. The van der Waals surface area contributed by atoms with E-state index in [0.29, 0.717) is 19.0 Å². The lowest BCUT2D eigenvalue weighted by Gasteiger charge is -2.41. The van der Waals surface area contributed by atoms with Crippen LogP contribution in [0.5, 0.6) is 0 Å². The molecule has 1 N–H and O–H groups in total. The van der Waals surface area contributed by atoms with E-state index in [9.17, 15) is 18.0 Å². The van der Waals surface area contributed by atoms with Gasteiger partial charge in [-0.05, 0) is 43.9 Å². The summed E-state index contributed by atoms with van der Waals surface area (Å²) in [5.41, 5.74) is 3.97. The molecule has 3 aromatic rings. The van der Waals surface area contributed by atoms with Crippen molar-refractivity contribution in [1.29, 1.82) is 0 Å². The molecule has 1 aromatic heterocycles. The van der Waals surface area contributed by atoms with Gasteiger partial charge < -0.3 is 5.32 Å². The standard InChI is InChI=1S/C26H29F3N4O/c1-4-33-23-12-13-32(25(26(34)30-3)17-8-6-5-7-9-17)22(24(23)16(2)31-33)11-10-18-14-20(28)21(29)15-19(18)27/h5-9,14-15,22,25H,4,10-13H2,1-3H3,(H,30,34)/t22-,25+/m0/s1. The Balaban J connectivity index is 1.76. The minimum atomic E-state index is -1.20. The molecular weight excluding hydrogens is 441 g/mol. The van der Waals surface area contributed by atoms with Gasteiger partial charge in [0.25, 0.3) is 0 Å². The van der Waals surface area contributed by atoms with Crippen molar-refractivity contribution in [3.63, 3.8) is 0 Å². The van der Waals surface area contributed by atoms with Gasteiger partial charge in [0.15, 0.2) is 11.6 Å². The van der Waals surface area contributed by atoms with Crippen LogP contribution in [0.1, 0.15) is 53.5 Å². The van der Waals surface area contributed by atoms with Gasteiger partial charge in [-0.2, -0.15) is 5.10 Å². The number of fused-ring (bicyclic) bond motifs is 1. The van der Waals surface area contributed by atoms with Gasteiger partial charge in [-0.3, -0.25) is 14.4 Å². The molecule has 0 aliphatic carbocycles. The van der Waals surface area contributed by atoms with Gasteiger partial charge in [-0.1, -0.05) is 30.3 Å². The van der Waals surface area contributed by atoms with E-state index >= 15 is 0 Å². The highest BCUT2D eigenvalue weighted by Crippen LogP contribution is 2.40. The third-order valence-corrected chi connectivity index (χ3v) is 6.64. The fraction of sp³-hybridized carbons (Fsp3) is 0.385. The van der Waals surface area contributed by atoms with Crippen molar-refractivity contribution in [1.82, 2.24) is 20.0 Å². The summed E-state index contributed by atoms with van der Waals surface area (Å²) in [5, 5.41) is 7.48. The Kier molecular flexibility index (Phi) is 7.07. The summed E-state index contributed by atoms with van der Waals surface area (Å²) in [7, 11) is 1.61. The normalized spacial score (nSPS) is 16.8. The Morgan fingerprint density at radius 1 is 1.15 bits per heavy atom. The Bertz CT molecular complexity index is 1180. The number of rotatable bonds is 7. The summed E-state index contributed by atoms with van der Waals surface area (Å²) in [6.07, 6.45) is 1.33. The average Bonchev–Trinajstić information content (AvgIpc) is 3.17. The number of hydrogen-bond donors (Lipinski definition) is 1. The molecule has 2 aromatic carbocycles. The summed E-state index contributed by atoms with van der Waals surface area (Å²) in [4.78, 5) is 15.2. The number of carbonyl (C=O) groups excluding carboxylic acids is 1. The van der Waals surface area contributed by atoms with Gasteiger partial charge in [-0.25, -0.2) is 13.2 Å². The van der Waals surface area contributed by atoms with Gasteiger partial charge >= 0.3 is 0 Å².